The van der Waals surface area contributed by atoms with Gasteiger partial charge in [0.1, 0.15) is 5.82 Å². The Balaban J connectivity index is 1.57. The summed E-state index contributed by atoms with van der Waals surface area (Å²) in [6.45, 7) is 3.88. The average molecular weight is 387 g/mol. The van der Waals surface area contributed by atoms with E-state index >= 15 is 0 Å². The summed E-state index contributed by atoms with van der Waals surface area (Å²) < 4.78 is 0. The average Bonchev–Trinajstić information content (AvgIpc) is 3.19. The minimum Gasteiger partial charge on any atom is -0.389 e. The summed E-state index contributed by atoms with van der Waals surface area (Å²) >= 11 is 1.74. The van der Waals surface area contributed by atoms with Crippen LogP contribution in [0.3, 0.4) is 0 Å². The molecule has 2 aromatic carbocycles. The van der Waals surface area contributed by atoms with Crippen LogP contribution in [0.15, 0.2) is 72.9 Å². The highest BCUT2D eigenvalue weighted by Crippen LogP contribution is 2.33. The molecule has 0 amide bonds. The molecule has 0 saturated carbocycles. The molecule has 2 heterocycles. The summed E-state index contributed by atoms with van der Waals surface area (Å²) in [5.74, 6) is 0.783. The maximum Gasteiger partial charge on any atom is 0.133 e. The van der Waals surface area contributed by atoms with Crippen molar-refractivity contribution in [2.24, 2.45) is 0 Å². The Labute approximate surface area is 169 Å². The van der Waals surface area contributed by atoms with Gasteiger partial charge in [0.05, 0.1) is 16.7 Å². The maximum atomic E-state index is 9.79. The minimum atomic E-state index is -0.474. The quantitative estimate of drug-likeness (QED) is 0.470. The SMILES string of the molecule is Cc1ccc(-c2ccc(-c3ccnc(Cc4cccc(C(C)O)c4)n3)s2)cc1. The normalized spacial score (nSPS) is 12.1. The Morgan fingerprint density at radius 2 is 1.75 bits per heavy atom. The molecular formula is C24H22N2OS. The van der Waals surface area contributed by atoms with Crippen LogP contribution in [0.1, 0.15) is 35.5 Å². The molecule has 4 aromatic rings. The van der Waals surface area contributed by atoms with E-state index in [4.69, 9.17) is 4.98 Å². The first-order valence-electron chi connectivity index (χ1n) is 9.34. The van der Waals surface area contributed by atoms with Gasteiger partial charge in [-0.1, -0.05) is 54.1 Å². The van der Waals surface area contributed by atoms with Crippen LogP contribution in [0.4, 0.5) is 0 Å². The molecule has 0 saturated heterocycles. The molecule has 0 fully saturated rings. The summed E-state index contributed by atoms with van der Waals surface area (Å²) in [7, 11) is 0. The number of rotatable bonds is 5. The molecule has 140 valence electrons. The van der Waals surface area contributed by atoms with E-state index in [-0.39, 0.29) is 0 Å². The topological polar surface area (TPSA) is 46.0 Å². The van der Waals surface area contributed by atoms with E-state index < -0.39 is 6.10 Å². The smallest absolute Gasteiger partial charge is 0.133 e. The zero-order valence-electron chi connectivity index (χ0n) is 16.0. The maximum absolute atomic E-state index is 9.79. The molecule has 0 bridgehead atoms. The van der Waals surface area contributed by atoms with Crippen molar-refractivity contribution in [3.63, 3.8) is 0 Å². The molecule has 0 aliphatic carbocycles. The minimum absolute atomic E-state index is 0.474. The van der Waals surface area contributed by atoms with Gasteiger partial charge in [-0.25, -0.2) is 9.97 Å². The van der Waals surface area contributed by atoms with Crippen LogP contribution < -0.4 is 0 Å². The van der Waals surface area contributed by atoms with Crippen molar-refractivity contribution in [2.45, 2.75) is 26.4 Å². The first-order valence-corrected chi connectivity index (χ1v) is 10.2. The van der Waals surface area contributed by atoms with Crippen LogP contribution >= 0.6 is 11.3 Å². The third kappa shape index (κ3) is 4.19. The summed E-state index contributed by atoms with van der Waals surface area (Å²) in [5.41, 5.74) is 5.45. The van der Waals surface area contributed by atoms with Gasteiger partial charge >= 0.3 is 0 Å². The first kappa shape index (κ1) is 18.5. The van der Waals surface area contributed by atoms with E-state index in [2.05, 4.69) is 48.3 Å². The summed E-state index contributed by atoms with van der Waals surface area (Å²) in [4.78, 5) is 11.6. The van der Waals surface area contributed by atoms with Gasteiger partial charge in [-0.3, -0.25) is 0 Å². The number of hydrogen-bond donors (Lipinski definition) is 1. The van der Waals surface area contributed by atoms with Crippen molar-refractivity contribution in [3.8, 4) is 21.0 Å². The van der Waals surface area contributed by atoms with Crippen LogP contribution in [0, 0.1) is 6.92 Å². The van der Waals surface area contributed by atoms with Crippen molar-refractivity contribution < 1.29 is 5.11 Å². The van der Waals surface area contributed by atoms with E-state index in [1.165, 1.54) is 16.0 Å². The second-order valence-corrected chi connectivity index (χ2v) is 8.07. The van der Waals surface area contributed by atoms with Crippen molar-refractivity contribution in [1.82, 2.24) is 9.97 Å². The van der Waals surface area contributed by atoms with Gasteiger partial charge in [-0.2, -0.15) is 0 Å². The van der Waals surface area contributed by atoms with Crippen LogP contribution in [-0.2, 0) is 6.42 Å². The Hall–Kier alpha value is -2.82. The molecule has 3 nitrogen and oxygen atoms in total. The lowest BCUT2D eigenvalue weighted by Gasteiger charge is -2.07. The van der Waals surface area contributed by atoms with Gasteiger partial charge in [0.15, 0.2) is 0 Å². The highest BCUT2D eigenvalue weighted by molar-refractivity contribution is 7.18. The fourth-order valence-corrected chi connectivity index (χ4v) is 4.10. The van der Waals surface area contributed by atoms with E-state index in [0.29, 0.717) is 6.42 Å². The lowest BCUT2D eigenvalue weighted by molar-refractivity contribution is 0.199. The zero-order chi connectivity index (χ0) is 19.5. The van der Waals surface area contributed by atoms with Crippen molar-refractivity contribution in [2.75, 3.05) is 0 Å². The molecule has 4 rings (SSSR count). The Kier molecular flexibility index (Phi) is 5.33. The van der Waals surface area contributed by atoms with Gasteiger partial charge in [0.2, 0.25) is 0 Å². The number of hydrogen-bond acceptors (Lipinski definition) is 4. The van der Waals surface area contributed by atoms with Crippen LogP contribution in [0.5, 0.6) is 0 Å². The van der Waals surface area contributed by atoms with Gasteiger partial charge in [0, 0.05) is 17.5 Å². The van der Waals surface area contributed by atoms with E-state index in [0.717, 1.165) is 27.5 Å². The van der Waals surface area contributed by atoms with E-state index in [9.17, 15) is 5.11 Å². The lowest BCUT2D eigenvalue weighted by atomic mass is 10.0. The van der Waals surface area contributed by atoms with E-state index in [1.807, 2.05) is 36.5 Å². The number of benzene rings is 2. The van der Waals surface area contributed by atoms with Gasteiger partial charge in [0.25, 0.3) is 0 Å². The predicted molar refractivity (Wildman–Crippen MR) is 115 cm³/mol. The highest BCUT2D eigenvalue weighted by atomic mass is 32.1. The summed E-state index contributed by atoms with van der Waals surface area (Å²) in [6.07, 6.45) is 1.99. The molecule has 1 unspecified atom stereocenters. The number of aliphatic hydroxyl groups is 1. The molecule has 0 spiro atoms. The number of aromatic nitrogens is 2. The van der Waals surface area contributed by atoms with Crippen LogP contribution in [-0.4, -0.2) is 15.1 Å². The second kappa shape index (κ2) is 8.05. The third-order valence-electron chi connectivity index (χ3n) is 4.70. The molecule has 0 radical (unpaired) electrons. The largest absolute Gasteiger partial charge is 0.389 e. The Morgan fingerprint density at radius 3 is 2.54 bits per heavy atom. The van der Waals surface area contributed by atoms with Gasteiger partial charge in [-0.05, 0) is 48.7 Å². The standard InChI is InChI=1S/C24H22N2OS/c1-16-6-8-19(9-7-16)22-10-11-23(28-22)21-12-13-25-24(26-21)15-18-4-3-5-20(14-18)17(2)27/h3-14,17,27H,15H2,1-2H3. The van der Waals surface area contributed by atoms with Crippen molar-refractivity contribution in [1.29, 1.82) is 0 Å². The van der Waals surface area contributed by atoms with Crippen LogP contribution in [0.2, 0.25) is 0 Å². The predicted octanol–water partition coefficient (Wildman–Crippen LogP) is 5.82. The molecule has 0 aliphatic rings. The van der Waals surface area contributed by atoms with Gasteiger partial charge < -0.3 is 5.11 Å². The van der Waals surface area contributed by atoms with Crippen molar-refractivity contribution in [3.05, 3.63) is 95.4 Å². The Bertz CT molecular complexity index is 1080. The fourth-order valence-electron chi connectivity index (χ4n) is 3.12. The molecule has 4 heteroatoms. The molecule has 1 N–H and O–H groups in total. The monoisotopic (exact) mass is 386 g/mol. The molecule has 28 heavy (non-hydrogen) atoms. The third-order valence-corrected chi connectivity index (χ3v) is 5.85. The van der Waals surface area contributed by atoms with Gasteiger partial charge in [-0.15, -0.1) is 11.3 Å². The first-order chi connectivity index (χ1) is 13.6. The van der Waals surface area contributed by atoms with Crippen molar-refractivity contribution >= 4 is 11.3 Å². The fraction of sp³-hybridized carbons (Fsp3) is 0.167. The molecule has 1 atom stereocenters. The molecule has 0 aliphatic heterocycles. The molecular weight excluding hydrogens is 364 g/mol. The number of aryl methyl sites for hydroxylation is 1. The zero-order valence-corrected chi connectivity index (χ0v) is 16.8. The second-order valence-electron chi connectivity index (χ2n) is 6.99. The number of thiophene rings is 1. The lowest BCUT2D eigenvalue weighted by Crippen LogP contribution is -1.99. The summed E-state index contributed by atoms with van der Waals surface area (Å²) in [5, 5.41) is 9.79. The van der Waals surface area contributed by atoms with E-state index in [1.54, 1.807) is 18.3 Å². The number of aliphatic hydroxyl groups excluding tert-OH is 1. The molecule has 2 aromatic heterocycles. The summed E-state index contributed by atoms with van der Waals surface area (Å²) in [6, 6.07) is 22.8. The number of nitrogens with zero attached hydrogens (tertiary/aromatic N) is 2. The van der Waals surface area contributed by atoms with Crippen LogP contribution in [0.25, 0.3) is 21.0 Å². The Morgan fingerprint density at radius 1 is 0.964 bits per heavy atom. The highest BCUT2D eigenvalue weighted by Gasteiger charge is 2.09.